The minimum absolute atomic E-state index is 0.0404. The van der Waals surface area contributed by atoms with E-state index in [2.05, 4.69) is 153 Å². The molecule has 0 aliphatic heterocycles. The third-order valence-corrected chi connectivity index (χ3v) is 13.1. The van der Waals surface area contributed by atoms with Crippen LogP contribution < -0.4 is 0 Å². The Hall–Kier alpha value is -6.45. The van der Waals surface area contributed by atoms with Gasteiger partial charge in [-0.15, -0.1) is 0 Å². The Morgan fingerprint density at radius 3 is 1.56 bits per heavy atom. The lowest BCUT2D eigenvalue weighted by Gasteiger charge is -2.36. The average Bonchev–Trinajstić information content (AvgIpc) is 3.66. The zero-order valence-electron chi connectivity index (χ0n) is 32.5. The molecular formula is C54H43N3. The molecule has 1 saturated carbocycles. The summed E-state index contributed by atoms with van der Waals surface area (Å²) < 4.78 is 0. The highest BCUT2D eigenvalue weighted by molar-refractivity contribution is 5.91. The van der Waals surface area contributed by atoms with Crippen molar-refractivity contribution in [2.45, 2.75) is 56.8 Å². The molecule has 0 saturated heterocycles. The predicted molar refractivity (Wildman–Crippen MR) is 234 cm³/mol. The summed E-state index contributed by atoms with van der Waals surface area (Å²) in [4.78, 5) is 15.2. The maximum Gasteiger partial charge on any atom is 0.164 e. The second-order valence-corrected chi connectivity index (χ2v) is 16.7. The SMILES string of the molecule is CC1(C)c2ccccc2-c2cc3c(cc21)-c1cc(-c2cccc(-c4nc(-c5ccccc5)nc(-c5ccc(-c6ccccc6)cc5)n4)c2)ccc1C31CCCCC1. The molecule has 11 rings (SSSR count). The van der Waals surface area contributed by atoms with Gasteiger partial charge in [0.25, 0.3) is 0 Å². The van der Waals surface area contributed by atoms with Gasteiger partial charge in [0, 0.05) is 27.5 Å². The lowest BCUT2D eigenvalue weighted by molar-refractivity contribution is 0.353. The van der Waals surface area contributed by atoms with E-state index < -0.39 is 0 Å². The maximum absolute atomic E-state index is 5.12. The van der Waals surface area contributed by atoms with Gasteiger partial charge in [0.1, 0.15) is 0 Å². The van der Waals surface area contributed by atoms with Crippen LogP contribution in [0.15, 0.2) is 164 Å². The third kappa shape index (κ3) is 5.44. The number of hydrogen-bond acceptors (Lipinski definition) is 3. The summed E-state index contributed by atoms with van der Waals surface area (Å²) in [7, 11) is 0. The molecule has 0 bridgehead atoms. The molecule has 3 heteroatoms. The van der Waals surface area contributed by atoms with Crippen LogP contribution in [0.1, 0.15) is 68.2 Å². The lowest BCUT2D eigenvalue weighted by Crippen LogP contribution is -2.28. The molecule has 3 aliphatic rings. The molecule has 1 fully saturated rings. The third-order valence-electron chi connectivity index (χ3n) is 13.1. The molecule has 274 valence electrons. The van der Waals surface area contributed by atoms with Crippen LogP contribution in [-0.4, -0.2) is 15.0 Å². The molecule has 1 aromatic heterocycles. The van der Waals surface area contributed by atoms with E-state index in [1.807, 2.05) is 24.3 Å². The first-order chi connectivity index (χ1) is 28.0. The number of benzene rings is 7. The van der Waals surface area contributed by atoms with Crippen LogP contribution in [0.3, 0.4) is 0 Å². The summed E-state index contributed by atoms with van der Waals surface area (Å²) in [5, 5.41) is 0. The van der Waals surface area contributed by atoms with Gasteiger partial charge in [-0.2, -0.15) is 0 Å². The van der Waals surface area contributed by atoms with Crippen LogP contribution in [0.2, 0.25) is 0 Å². The highest BCUT2D eigenvalue weighted by Crippen LogP contribution is 2.60. The Bertz CT molecular complexity index is 2830. The van der Waals surface area contributed by atoms with E-state index >= 15 is 0 Å². The summed E-state index contributed by atoms with van der Waals surface area (Å²) in [6.07, 6.45) is 6.30. The Balaban J connectivity index is 1.01. The standard InChI is InChI=1S/C54H43N3/c1-53(2)46-22-11-10-21-42(46)44-34-49-45(33-48(44)53)43-32-40(27-28-47(43)54(49)29-12-5-13-30-54)39-19-14-20-41(31-39)52-56-50(37-17-8-4-9-18-37)55-51(57-52)38-25-23-36(24-26-38)35-15-6-3-7-16-35/h3-4,6-11,14-28,31-34H,5,12-13,29-30H2,1-2H3. The highest BCUT2D eigenvalue weighted by Gasteiger charge is 2.46. The van der Waals surface area contributed by atoms with Crippen molar-refractivity contribution in [1.82, 2.24) is 15.0 Å². The summed E-state index contributed by atoms with van der Waals surface area (Å²) >= 11 is 0. The van der Waals surface area contributed by atoms with Crippen molar-refractivity contribution < 1.29 is 0 Å². The quantitative estimate of drug-likeness (QED) is 0.177. The fraction of sp³-hybridized carbons (Fsp3) is 0.167. The van der Waals surface area contributed by atoms with Crippen molar-refractivity contribution in [2.24, 2.45) is 0 Å². The Morgan fingerprint density at radius 2 is 0.825 bits per heavy atom. The van der Waals surface area contributed by atoms with Crippen LogP contribution >= 0.6 is 0 Å². The van der Waals surface area contributed by atoms with E-state index in [0.717, 1.165) is 27.8 Å². The first-order valence-electron chi connectivity index (χ1n) is 20.5. The van der Waals surface area contributed by atoms with Gasteiger partial charge < -0.3 is 0 Å². The van der Waals surface area contributed by atoms with Gasteiger partial charge in [-0.1, -0.05) is 173 Å². The Morgan fingerprint density at radius 1 is 0.333 bits per heavy atom. The smallest absolute Gasteiger partial charge is 0.164 e. The van der Waals surface area contributed by atoms with Gasteiger partial charge in [0.05, 0.1) is 0 Å². The van der Waals surface area contributed by atoms with E-state index in [-0.39, 0.29) is 10.8 Å². The Labute approximate surface area is 335 Å². The van der Waals surface area contributed by atoms with Gasteiger partial charge in [-0.3, -0.25) is 0 Å². The summed E-state index contributed by atoms with van der Waals surface area (Å²) in [5.41, 5.74) is 19.2. The largest absolute Gasteiger partial charge is 0.208 e. The lowest BCUT2D eigenvalue weighted by atomic mass is 9.67. The minimum Gasteiger partial charge on any atom is -0.208 e. The van der Waals surface area contributed by atoms with Gasteiger partial charge in [0.2, 0.25) is 0 Å². The van der Waals surface area contributed by atoms with Crippen LogP contribution in [0, 0.1) is 0 Å². The monoisotopic (exact) mass is 733 g/mol. The fourth-order valence-corrected chi connectivity index (χ4v) is 10.2. The second-order valence-electron chi connectivity index (χ2n) is 16.7. The summed E-state index contributed by atoms with van der Waals surface area (Å²) in [6.45, 7) is 4.79. The van der Waals surface area contributed by atoms with Gasteiger partial charge in [0.15, 0.2) is 17.5 Å². The first-order valence-corrected chi connectivity index (χ1v) is 20.5. The minimum atomic E-state index is -0.0404. The highest BCUT2D eigenvalue weighted by atomic mass is 15.0. The molecule has 7 aromatic carbocycles. The van der Waals surface area contributed by atoms with Crippen LogP contribution in [-0.2, 0) is 10.8 Å². The predicted octanol–water partition coefficient (Wildman–Crippen LogP) is 13.7. The van der Waals surface area contributed by atoms with E-state index in [4.69, 9.17) is 15.0 Å². The number of rotatable bonds is 5. The van der Waals surface area contributed by atoms with Crippen LogP contribution in [0.25, 0.3) is 78.7 Å². The molecule has 0 N–H and O–H groups in total. The van der Waals surface area contributed by atoms with Crippen molar-refractivity contribution in [3.05, 3.63) is 186 Å². The van der Waals surface area contributed by atoms with Gasteiger partial charge in [-0.25, -0.2) is 15.0 Å². The van der Waals surface area contributed by atoms with Gasteiger partial charge in [-0.05, 0) is 104 Å². The van der Waals surface area contributed by atoms with Crippen molar-refractivity contribution in [3.8, 4) is 78.7 Å². The maximum atomic E-state index is 5.12. The second kappa shape index (κ2) is 13.1. The molecular weight excluding hydrogens is 691 g/mol. The number of nitrogens with zero attached hydrogens (tertiary/aromatic N) is 3. The van der Waals surface area contributed by atoms with Crippen LogP contribution in [0.5, 0.6) is 0 Å². The summed E-state index contributed by atoms with van der Waals surface area (Å²) in [6, 6.07) is 59.5. The zero-order chi connectivity index (χ0) is 38.1. The molecule has 0 atom stereocenters. The van der Waals surface area contributed by atoms with Crippen molar-refractivity contribution in [1.29, 1.82) is 0 Å². The molecule has 0 amide bonds. The average molecular weight is 734 g/mol. The van der Waals surface area contributed by atoms with Crippen molar-refractivity contribution in [3.63, 3.8) is 0 Å². The molecule has 1 heterocycles. The molecule has 8 aromatic rings. The van der Waals surface area contributed by atoms with E-state index in [1.165, 1.54) is 87.7 Å². The van der Waals surface area contributed by atoms with E-state index in [1.54, 1.807) is 0 Å². The molecule has 3 nitrogen and oxygen atoms in total. The number of aromatic nitrogens is 3. The topological polar surface area (TPSA) is 38.7 Å². The summed E-state index contributed by atoms with van der Waals surface area (Å²) in [5.74, 6) is 1.99. The normalized spacial score (nSPS) is 15.5. The molecule has 0 radical (unpaired) electrons. The van der Waals surface area contributed by atoms with E-state index in [9.17, 15) is 0 Å². The van der Waals surface area contributed by atoms with E-state index in [0.29, 0.717) is 17.5 Å². The fourth-order valence-electron chi connectivity index (χ4n) is 10.2. The van der Waals surface area contributed by atoms with Crippen molar-refractivity contribution in [2.75, 3.05) is 0 Å². The van der Waals surface area contributed by atoms with Crippen LogP contribution in [0.4, 0.5) is 0 Å². The number of hydrogen-bond donors (Lipinski definition) is 0. The van der Waals surface area contributed by atoms with Gasteiger partial charge >= 0.3 is 0 Å². The Kier molecular flexibility index (Phi) is 7.76. The molecule has 57 heavy (non-hydrogen) atoms. The number of fused-ring (bicyclic) bond motifs is 8. The van der Waals surface area contributed by atoms with Crippen molar-refractivity contribution >= 4 is 0 Å². The first kappa shape index (κ1) is 33.9. The molecule has 0 unspecified atom stereocenters. The zero-order valence-corrected chi connectivity index (χ0v) is 32.5. The molecule has 3 aliphatic carbocycles. The molecule has 1 spiro atoms.